The molecule has 1 heterocycles. The number of nitrogens with zero attached hydrogens (tertiary/aromatic N) is 3. The molecule has 0 fully saturated rings. The summed E-state index contributed by atoms with van der Waals surface area (Å²) >= 11 is 0. The van der Waals surface area contributed by atoms with Gasteiger partial charge in [0, 0.05) is 11.4 Å². The van der Waals surface area contributed by atoms with Crippen molar-refractivity contribution in [3.63, 3.8) is 0 Å². The van der Waals surface area contributed by atoms with E-state index in [4.69, 9.17) is 0 Å². The Morgan fingerprint density at radius 3 is 2.33 bits per heavy atom. The Hall–Kier alpha value is -2.57. The highest BCUT2D eigenvalue weighted by Crippen LogP contribution is 2.14. The molecule has 0 aliphatic carbocycles. The molecule has 0 aliphatic rings. The number of benzene rings is 1. The van der Waals surface area contributed by atoms with Gasteiger partial charge in [0.15, 0.2) is 0 Å². The van der Waals surface area contributed by atoms with Crippen LogP contribution in [0.5, 0.6) is 5.75 Å². The molecule has 0 atom stereocenters. The molecular formula is C14H14F2N4O. The fourth-order valence-corrected chi connectivity index (χ4v) is 1.68. The minimum Gasteiger partial charge on any atom is -0.435 e. The summed E-state index contributed by atoms with van der Waals surface area (Å²) in [6.07, 6.45) is 1.53. The molecule has 21 heavy (non-hydrogen) atoms. The van der Waals surface area contributed by atoms with Gasteiger partial charge in [-0.05, 0) is 49.7 Å². The van der Waals surface area contributed by atoms with Crippen LogP contribution in [0.4, 0.5) is 14.7 Å². The van der Waals surface area contributed by atoms with Crippen LogP contribution in [0.3, 0.4) is 0 Å². The number of aryl methyl sites for hydroxylation is 2. The van der Waals surface area contributed by atoms with Crippen LogP contribution in [-0.2, 0) is 0 Å². The number of halogens is 2. The topological polar surface area (TPSA) is 59.4 Å². The first-order chi connectivity index (χ1) is 10.0. The number of ether oxygens (including phenoxy) is 1. The van der Waals surface area contributed by atoms with Gasteiger partial charge in [0.25, 0.3) is 0 Å². The van der Waals surface area contributed by atoms with Crippen molar-refractivity contribution in [3.05, 3.63) is 47.3 Å². The first-order valence-electron chi connectivity index (χ1n) is 6.19. The van der Waals surface area contributed by atoms with Crippen molar-refractivity contribution >= 4 is 12.2 Å². The van der Waals surface area contributed by atoms with Crippen LogP contribution in [0, 0.1) is 13.8 Å². The predicted octanol–water partition coefficient (Wildman–Crippen LogP) is 3.14. The van der Waals surface area contributed by atoms with Crippen molar-refractivity contribution in [1.82, 2.24) is 9.97 Å². The molecule has 0 radical (unpaired) electrons. The monoisotopic (exact) mass is 292 g/mol. The number of aromatic nitrogens is 2. The molecule has 110 valence electrons. The van der Waals surface area contributed by atoms with E-state index in [1.165, 1.54) is 18.3 Å². The zero-order chi connectivity index (χ0) is 15.2. The van der Waals surface area contributed by atoms with Crippen LogP contribution < -0.4 is 10.2 Å². The van der Waals surface area contributed by atoms with Crippen molar-refractivity contribution in [2.45, 2.75) is 20.5 Å². The Morgan fingerprint density at radius 1 is 1.14 bits per heavy atom. The lowest BCUT2D eigenvalue weighted by atomic mass is 10.2. The summed E-state index contributed by atoms with van der Waals surface area (Å²) in [7, 11) is 0. The standard InChI is InChI=1S/C14H14F2N4O/c1-9-7-10(2)19-14(18-9)20-17-8-11-3-5-12(6-4-11)21-13(15)16/h3-8,13H,1-2H3,(H,18,19,20)/b17-8+. The summed E-state index contributed by atoms with van der Waals surface area (Å²) < 4.78 is 28.3. The van der Waals surface area contributed by atoms with E-state index >= 15 is 0 Å². The van der Waals surface area contributed by atoms with Gasteiger partial charge in [-0.25, -0.2) is 15.4 Å². The van der Waals surface area contributed by atoms with Crippen LogP contribution in [-0.4, -0.2) is 22.8 Å². The van der Waals surface area contributed by atoms with Crippen LogP contribution >= 0.6 is 0 Å². The Balaban J connectivity index is 1.97. The smallest absolute Gasteiger partial charge is 0.387 e. The second kappa shape index (κ2) is 6.74. The average Bonchev–Trinajstić information content (AvgIpc) is 2.39. The number of rotatable bonds is 5. The predicted molar refractivity (Wildman–Crippen MR) is 75.8 cm³/mol. The van der Waals surface area contributed by atoms with Gasteiger partial charge in [-0.1, -0.05) is 0 Å². The van der Waals surface area contributed by atoms with Crippen molar-refractivity contribution in [2.24, 2.45) is 5.10 Å². The summed E-state index contributed by atoms with van der Waals surface area (Å²) in [5.74, 6) is 0.508. The summed E-state index contributed by atoms with van der Waals surface area (Å²) in [6.45, 7) is 0.907. The fraction of sp³-hybridized carbons (Fsp3) is 0.214. The van der Waals surface area contributed by atoms with Gasteiger partial charge in [-0.2, -0.15) is 13.9 Å². The average molecular weight is 292 g/mol. The van der Waals surface area contributed by atoms with Crippen molar-refractivity contribution in [3.8, 4) is 5.75 Å². The van der Waals surface area contributed by atoms with Crippen molar-refractivity contribution in [1.29, 1.82) is 0 Å². The number of hydrogen-bond acceptors (Lipinski definition) is 5. The SMILES string of the molecule is Cc1cc(C)nc(N/N=C/c2ccc(OC(F)F)cc2)n1. The van der Waals surface area contributed by atoms with Crippen LogP contribution in [0.1, 0.15) is 17.0 Å². The Morgan fingerprint density at radius 2 is 1.76 bits per heavy atom. The third-order valence-electron chi connectivity index (χ3n) is 2.47. The second-order valence-corrected chi connectivity index (χ2v) is 4.29. The molecule has 0 bridgehead atoms. The molecule has 0 saturated heterocycles. The van der Waals surface area contributed by atoms with Gasteiger partial charge in [-0.15, -0.1) is 0 Å². The second-order valence-electron chi connectivity index (χ2n) is 4.29. The maximum absolute atomic E-state index is 12.0. The van der Waals surface area contributed by atoms with E-state index in [1.54, 1.807) is 12.1 Å². The van der Waals surface area contributed by atoms with E-state index in [1.807, 2.05) is 19.9 Å². The molecule has 0 saturated carbocycles. The van der Waals surface area contributed by atoms with E-state index in [2.05, 4.69) is 25.2 Å². The van der Waals surface area contributed by atoms with Crippen molar-refractivity contribution < 1.29 is 13.5 Å². The lowest BCUT2D eigenvalue weighted by Gasteiger charge is -2.04. The van der Waals surface area contributed by atoms with Gasteiger partial charge in [0.05, 0.1) is 6.21 Å². The normalized spacial score (nSPS) is 11.1. The van der Waals surface area contributed by atoms with E-state index in [0.717, 1.165) is 17.0 Å². The molecule has 1 aromatic carbocycles. The fourth-order valence-electron chi connectivity index (χ4n) is 1.68. The van der Waals surface area contributed by atoms with Gasteiger partial charge < -0.3 is 4.74 Å². The molecule has 0 aliphatic heterocycles. The molecule has 1 aromatic heterocycles. The molecule has 2 rings (SSSR count). The Kier molecular flexibility index (Phi) is 4.76. The van der Waals surface area contributed by atoms with Crippen LogP contribution in [0.15, 0.2) is 35.4 Å². The Bertz CT molecular complexity index is 609. The van der Waals surface area contributed by atoms with E-state index in [-0.39, 0.29) is 5.75 Å². The number of hydrogen-bond donors (Lipinski definition) is 1. The largest absolute Gasteiger partial charge is 0.435 e. The van der Waals surface area contributed by atoms with Crippen molar-refractivity contribution in [2.75, 3.05) is 5.43 Å². The number of anilines is 1. The summed E-state index contributed by atoms with van der Waals surface area (Å²) in [5, 5.41) is 4.00. The van der Waals surface area contributed by atoms with Gasteiger partial charge in [0.2, 0.25) is 5.95 Å². The lowest BCUT2D eigenvalue weighted by molar-refractivity contribution is -0.0498. The summed E-state index contributed by atoms with van der Waals surface area (Å²) in [5.41, 5.74) is 5.13. The number of alkyl halides is 2. The van der Waals surface area contributed by atoms with E-state index in [0.29, 0.717) is 5.95 Å². The molecule has 0 unspecified atom stereocenters. The maximum atomic E-state index is 12.0. The molecule has 7 heteroatoms. The minimum absolute atomic E-state index is 0.104. The van der Waals surface area contributed by atoms with Gasteiger partial charge in [0.1, 0.15) is 5.75 Å². The third kappa shape index (κ3) is 4.79. The molecule has 1 N–H and O–H groups in total. The van der Waals surface area contributed by atoms with Crippen LogP contribution in [0.25, 0.3) is 0 Å². The summed E-state index contributed by atoms with van der Waals surface area (Å²) in [4.78, 5) is 8.35. The van der Waals surface area contributed by atoms with E-state index < -0.39 is 6.61 Å². The maximum Gasteiger partial charge on any atom is 0.387 e. The number of hydrazone groups is 1. The minimum atomic E-state index is -2.83. The van der Waals surface area contributed by atoms with E-state index in [9.17, 15) is 8.78 Å². The first-order valence-corrected chi connectivity index (χ1v) is 6.19. The number of nitrogens with one attached hydrogen (secondary N) is 1. The molecule has 0 spiro atoms. The highest BCUT2D eigenvalue weighted by atomic mass is 19.3. The summed E-state index contributed by atoms with van der Waals surface area (Å²) in [6, 6.07) is 7.98. The molecule has 0 amide bonds. The molecule has 2 aromatic rings. The zero-order valence-corrected chi connectivity index (χ0v) is 11.5. The van der Waals surface area contributed by atoms with Crippen LogP contribution in [0.2, 0.25) is 0 Å². The lowest BCUT2D eigenvalue weighted by Crippen LogP contribution is -2.02. The quantitative estimate of drug-likeness (QED) is 0.679. The Labute approximate surface area is 120 Å². The highest BCUT2D eigenvalue weighted by Gasteiger charge is 2.03. The van der Waals surface area contributed by atoms with Gasteiger partial charge in [-0.3, -0.25) is 0 Å². The highest BCUT2D eigenvalue weighted by molar-refractivity contribution is 5.80. The first kappa shape index (κ1) is 14.8. The zero-order valence-electron chi connectivity index (χ0n) is 11.5. The third-order valence-corrected chi connectivity index (χ3v) is 2.47. The van der Waals surface area contributed by atoms with Gasteiger partial charge >= 0.3 is 6.61 Å². The molecular weight excluding hydrogens is 278 g/mol. The molecule has 5 nitrogen and oxygen atoms in total.